The van der Waals surface area contributed by atoms with E-state index in [1.54, 1.807) is 0 Å². The minimum Gasteiger partial charge on any atom is -0.381 e. The van der Waals surface area contributed by atoms with Gasteiger partial charge in [0.05, 0.1) is 0 Å². The molecule has 0 radical (unpaired) electrons. The molecule has 1 aliphatic carbocycles. The van der Waals surface area contributed by atoms with Crippen molar-refractivity contribution < 1.29 is 0 Å². The Bertz CT molecular complexity index is 367. The molecule has 2 rings (SSSR count). The van der Waals surface area contributed by atoms with Crippen molar-refractivity contribution in [2.45, 2.75) is 52.0 Å². The number of aryl methyl sites for hydroxylation is 1. The lowest BCUT2D eigenvalue weighted by Gasteiger charge is -2.29. The number of benzene rings is 1. The Morgan fingerprint density at radius 2 is 1.94 bits per heavy atom. The molecule has 0 unspecified atom stereocenters. The summed E-state index contributed by atoms with van der Waals surface area (Å²) in [6.07, 6.45) is 6.76. The second-order valence-corrected chi connectivity index (χ2v) is 6.11. The highest BCUT2D eigenvalue weighted by atomic mass is 79.9. The van der Waals surface area contributed by atoms with Gasteiger partial charge in [-0.3, -0.25) is 0 Å². The second kappa shape index (κ2) is 5.90. The van der Waals surface area contributed by atoms with Crippen LogP contribution < -0.4 is 5.32 Å². The first-order chi connectivity index (χ1) is 8.19. The van der Waals surface area contributed by atoms with Gasteiger partial charge in [-0.05, 0) is 72.2 Å². The van der Waals surface area contributed by atoms with Crippen LogP contribution in [0, 0.1) is 12.8 Å². The Morgan fingerprint density at radius 1 is 1.24 bits per heavy atom. The van der Waals surface area contributed by atoms with E-state index in [4.69, 9.17) is 0 Å². The molecule has 1 fully saturated rings. The van der Waals surface area contributed by atoms with Gasteiger partial charge in [0.1, 0.15) is 0 Å². The quantitative estimate of drug-likeness (QED) is 0.814. The van der Waals surface area contributed by atoms with Crippen molar-refractivity contribution in [3.05, 3.63) is 28.2 Å². The van der Waals surface area contributed by atoms with Gasteiger partial charge in [0.15, 0.2) is 0 Å². The smallest absolute Gasteiger partial charge is 0.0486 e. The largest absolute Gasteiger partial charge is 0.381 e. The molecular weight excluding hydrogens is 274 g/mol. The molecule has 1 aromatic rings. The van der Waals surface area contributed by atoms with Gasteiger partial charge in [0.25, 0.3) is 0 Å². The first kappa shape index (κ1) is 12.9. The number of rotatable bonds is 3. The predicted octanol–water partition coefficient (Wildman–Crippen LogP) is 5.14. The fraction of sp³-hybridized carbons (Fsp3) is 0.600. The number of nitrogens with one attached hydrogen (secondary N) is 1. The van der Waals surface area contributed by atoms with Crippen LogP contribution in [0.4, 0.5) is 5.69 Å². The molecule has 0 aliphatic heterocycles. The van der Waals surface area contributed by atoms with E-state index in [0.29, 0.717) is 6.04 Å². The van der Waals surface area contributed by atoms with Crippen molar-refractivity contribution >= 4 is 21.6 Å². The topological polar surface area (TPSA) is 12.0 Å². The molecule has 1 aromatic carbocycles. The summed E-state index contributed by atoms with van der Waals surface area (Å²) in [5.74, 6) is 0.967. The van der Waals surface area contributed by atoms with Crippen LogP contribution in [0.3, 0.4) is 0 Å². The summed E-state index contributed by atoms with van der Waals surface area (Å²) in [5, 5.41) is 3.67. The van der Waals surface area contributed by atoms with E-state index >= 15 is 0 Å². The molecule has 1 saturated carbocycles. The molecule has 0 heterocycles. The maximum Gasteiger partial charge on any atom is 0.0486 e. The van der Waals surface area contributed by atoms with E-state index in [0.717, 1.165) is 5.92 Å². The minimum atomic E-state index is 0.664. The van der Waals surface area contributed by atoms with E-state index in [1.165, 1.54) is 47.8 Å². The zero-order valence-electron chi connectivity index (χ0n) is 10.8. The monoisotopic (exact) mass is 295 g/mol. The molecule has 17 heavy (non-hydrogen) atoms. The van der Waals surface area contributed by atoms with Crippen molar-refractivity contribution in [3.63, 3.8) is 0 Å². The summed E-state index contributed by atoms with van der Waals surface area (Å²) >= 11 is 3.64. The fourth-order valence-electron chi connectivity index (χ4n) is 2.67. The highest BCUT2D eigenvalue weighted by Crippen LogP contribution is 2.31. The molecule has 0 spiro atoms. The lowest BCUT2D eigenvalue weighted by Crippen LogP contribution is -2.26. The number of halogens is 1. The maximum absolute atomic E-state index is 3.67. The van der Waals surface area contributed by atoms with Gasteiger partial charge in [-0.15, -0.1) is 0 Å². The van der Waals surface area contributed by atoms with Crippen LogP contribution in [-0.4, -0.2) is 6.04 Å². The summed E-state index contributed by atoms with van der Waals surface area (Å²) in [5.41, 5.74) is 2.55. The summed E-state index contributed by atoms with van der Waals surface area (Å²) in [6, 6.07) is 7.20. The molecule has 0 amide bonds. The normalized spacial score (nSPS) is 24.6. The lowest BCUT2D eigenvalue weighted by molar-refractivity contribution is 0.330. The zero-order chi connectivity index (χ0) is 12.3. The van der Waals surface area contributed by atoms with Gasteiger partial charge in [0.2, 0.25) is 0 Å². The van der Waals surface area contributed by atoms with Crippen LogP contribution >= 0.6 is 15.9 Å². The Labute approximate surface area is 113 Å². The van der Waals surface area contributed by atoms with E-state index in [1.807, 2.05) is 0 Å². The second-order valence-electron chi connectivity index (χ2n) is 5.25. The Hall–Kier alpha value is -0.500. The van der Waals surface area contributed by atoms with Crippen LogP contribution in [0.2, 0.25) is 0 Å². The fourth-order valence-corrected chi connectivity index (χ4v) is 3.28. The van der Waals surface area contributed by atoms with Crippen LogP contribution in [0.25, 0.3) is 0 Å². The molecular formula is C15H22BrN. The molecule has 0 aromatic heterocycles. The molecule has 2 heteroatoms. The number of hydrogen-bond donors (Lipinski definition) is 1. The van der Waals surface area contributed by atoms with E-state index in [-0.39, 0.29) is 0 Å². The summed E-state index contributed by atoms with van der Waals surface area (Å²) in [6.45, 7) is 4.44. The molecule has 0 saturated heterocycles. The van der Waals surface area contributed by atoms with Gasteiger partial charge in [-0.25, -0.2) is 0 Å². The van der Waals surface area contributed by atoms with Gasteiger partial charge in [0, 0.05) is 16.2 Å². The highest BCUT2D eigenvalue weighted by molar-refractivity contribution is 9.10. The third kappa shape index (κ3) is 3.48. The number of hydrogen-bond acceptors (Lipinski definition) is 1. The van der Waals surface area contributed by atoms with Crippen LogP contribution in [-0.2, 0) is 0 Å². The summed E-state index contributed by atoms with van der Waals surface area (Å²) < 4.78 is 1.19. The molecule has 1 N–H and O–H groups in total. The van der Waals surface area contributed by atoms with Gasteiger partial charge in [-0.1, -0.05) is 19.4 Å². The molecule has 94 valence electrons. The highest BCUT2D eigenvalue weighted by Gasteiger charge is 2.20. The molecule has 1 nitrogen and oxygen atoms in total. The maximum atomic E-state index is 3.67. The number of anilines is 1. The SMILES string of the molecule is CCC1CCC(Nc2ccc(C)cc2Br)CC1. The minimum absolute atomic E-state index is 0.664. The Balaban J connectivity index is 1.93. The van der Waals surface area contributed by atoms with E-state index in [9.17, 15) is 0 Å². The summed E-state index contributed by atoms with van der Waals surface area (Å²) in [7, 11) is 0. The van der Waals surface area contributed by atoms with Crippen molar-refractivity contribution in [2.24, 2.45) is 5.92 Å². The van der Waals surface area contributed by atoms with Gasteiger partial charge < -0.3 is 5.32 Å². The Morgan fingerprint density at radius 3 is 2.53 bits per heavy atom. The molecule has 1 aliphatic rings. The van der Waals surface area contributed by atoms with Gasteiger partial charge >= 0.3 is 0 Å². The standard InChI is InChI=1S/C15H22BrN/c1-3-12-5-7-13(8-6-12)17-15-9-4-11(2)10-14(15)16/h4,9-10,12-13,17H,3,5-8H2,1-2H3. The third-order valence-corrected chi connectivity index (χ3v) is 4.56. The molecule has 0 atom stereocenters. The van der Waals surface area contributed by atoms with Crippen molar-refractivity contribution in [2.75, 3.05) is 5.32 Å². The predicted molar refractivity (Wildman–Crippen MR) is 78.5 cm³/mol. The third-order valence-electron chi connectivity index (χ3n) is 3.91. The van der Waals surface area contributed by atoms with E-state index in [2.05, 4.69) is 53.3 Å². The first-order valence-corrected chi connectivity index (χ1v) is 7.51. The van der Waals surface area contributed by atoms with Crippen molar-refractivity contribution in [1.29, 1.82) is 0 Å². The molecule has 0 bridgehead atoms. The zero-order valence-corrected chi connectivity index (χ0v) is 12.4. The average Bonchev–Trinajstić information content (AvgIpc) is 2.34. The van der Waals surface area contributed by atoms with Crippen LogP contribution in [0.15, 0.2) is 22.7 Å². The van der Waals surface area contributed by atoms with E-state index < -0.39 is 0 Å². The lowest BCUT2D eigenvalue weighted by atomic mass is 9.84. The van der Waals surface area contributed by atoms with Crippen LogP contribution in [0.5, 0.6) is 0 Å². The van der Waals surface area contributed by atoms with Crippen LogP contribution in [0.1, 0.15) is 44.6 Å². The van der Waals surface area contributed by atoms with Gasteiger partial charge in [-0.2, -0.15) is 0 Å². The average molecular weight is 296 g/mol. The Kier molecular flexibility index (Phi) is 4.49. The van der Waals surface area contributed by atoms with Crippen molar-refractivity contribution in [1.82, 2.24) is 0 Å². The summed E-state index contributed by atoms with van der Waals surface area (Å²) in [4.78, 5) is 0. The first-order valence-electron chi connectivity index (χ1n) is 6.71. The van der Waals surface area contributed by atoms with Crippen molar-refractivity contribution in [3.8, 4) is 0 Å².